The van der Waals surface area contributed by atoms with Crippen LogP contribution in [0.15, 0.2) is 0 Å². The van der Waals surface area contributed by atoms with Crippen molar-refractivity contribution in [2.45, 2.75) is 76.8 Å². The number of rotatable bonds is 2. The van der Waals surface area contributed by atoms with Crippen molar-refractivity contribution in [1.82, 2.24) is 4.90 Å². The smallest absolute Gasteiger partial charge is 0.219 e. The molecule has 0 aromatic carbocycles. The van der Waals surface area contributed by atoms with Crippen LogP contribution in [0.4, 0.5) is 0 Å². The third kappa shape index (κ3) is 2.76. The second kappa shape index (κ2) is 5.14. The first-order valence-electron chi connectivity index (χ1n) is 7.66. The predicted molar refractivity (Wildman–Crippen MR) is 75.8 cm³/mol. The van der Waals surface area contributed by atoms with Gasteiger partial charge in [-0.25, -0.2) is 0 Å². The van der Waals surface area contributed by atoms with Crippen LogP contribution < -0.4 is 0 Å². The van der Waals surface area contributed by atoms with Crippen LogP contribution >= 0.6 is 0 Å². The molecule has 7 nitrogen and oxygen atoms in total. The van der Waals surface area contributed by atoms with Crippen molar-refractivity contribution in [2.24, 2.45) is 0 Å². The fourth-order valence-electron chi connectivity index (χ4n) is 3.35. The average Bonchev–Trinajstić information content (AvgIpc) is 2.97. The first kappa shape index (κ1) is 16.1. The number of carbonyl (C=O) groups is 1. The summed E-state index contributed by atoms with van der Waals surface area (Å²) in [6.45, 7) is 9.36. The number of ether oxygens (including phenoxy) is 5. The number of hydrogen-bond donors (Lipinski definition) is 0. The maximum atomic E-state index is 11.9. The van der Waals surface area contributed by atoms with Crippen molar-refractivity contribution in [2.75, 3.05) is 13.7 Å². The molecule has 22 heavy (non-hydrogen) atoms. The van der Waals surface area contributed by atoms with Crippen molar-refractivity contribution in [3.8, 4) is 0 Å². The van der Waals surface area contributed by atoms with Crippen LogP contribution in [0.1, 0.15) is 34.6 Å². The standard InChI is InChI=1S/C15H25NO6/c1-8(17)16(6)10-11(9-7-18-14(2,3)20-9)19-13-12(10)21-15(4,5)22-13/h9-13H,7H2,1-6H3/t9?,10-,11+,12+,13+/m0/s1. The summed E-state index contributed by atoms with van der Waals surface area (Å²) < 4.78 is 29.3. The molecule has 0 saturated carbocycles. The van der Waals surface area contributed by atoms with Crippen LogP contribution in [-0.4, -0.2) is 66.7 Å². The zero-order valence-corrected chi connectivity index (χ0v) is 14.0. The minimum Gasteiger partial charge on any atom is -0.348 e. The van der Waals surface area contributed by atoms with Crippen molar-refractivity contribution in [3.05, 3.63) is 0 Å². The van der Waals surface area contributed by atoms with Gasteiger partial charge >= 0.3 is 0 Å². The first-order valence-corrected chi connectivity index (χ1v) is 7.66. The minimum absolute atomic E-state index is 0.0502. The lowest BCUT2D eigenvalue weighted by atomic mass is 10.0. The van der Waals surface area contributed by atoms with E-state index in [0.717, 1.165) is 0 Å². The highest BCUT2D eigenvalue weighted by Gasteiger charge is 2.59. The molecular formula is C15H25NO6. The number of amides is 1. The summed E-state index contributed by atoms with van der Waals surface area (Å²) in [7, 11) is 1.75. The molecule has 1 amide bonds. The highest BCUT2D eigenvalue weighted by molar-refractivity contribution is 5.73. The second-order valence-electron chi connectivity index (χ2n) is 7.06. The van der Waals surface area contributed by atoms with E-state index in [4.69, 9.17) is 23.7 Å². The number of fused-ring (bicyclic) bond motifs is 1. The SMILES string of the molecule is CC(=O)N(C)[C@@H]1[C@H]2OC(C)(C)O[C@H]2O[C@@H]1C1COC(C)(C)O1. The monoisotopic (exact) mass is 315 g/mol. The van der Waals surface area contributed by atoms with Crippen LogP contribution in [0, 0.1) is 0 Å². The van der Waals surface area contributed by atoms with E-state index in [9.17, 15) is 4.79 Å². The van der Waals surface area contributed by atoms with Gasteiger partial charge in [0.15, 0.2) is 17.9 Å². The van der Waals surface area contributed by atoms with Gasteiger partial charge < -0.3 is 28.6 Å². The Morgan fingerprint density at radius 2 is 1.73 bits per heavy atom. The molecule has 0 radical (unpaired) electrons. The van der Waals surface area contributed by atoms with E-state index in [1.807, 2.05) is 27.7 Å². The Labute approximate surface area is 130 Å². The zero-order valence-electron chi connectivity index (χ0n) is 14.0. The van der Waals surface area contributed by atoms with Crippen molar-refractivity contribution < 1.29 is 28.5 Å². The van der Waals surface area contributed by atoms with E-state index in [1.165, 1.54) is 6.92 Å². The summed E-state index contributed by atoms with van der Waals surface area (Å²) in [4.78, 5) is 13.5. The van der Waals surface area contributed by atoms with E-state index >= 15 is 0 Å². The Morgan fingerprint density at radius 1 is 1.05 bits per heavy atom. The van der Waals surface area contributed by atoms with Gasteiger partial charge in [-0.2, -0.15) is 0 Å². The van der Waals surface area contributed by atoms with Gasteiger partial charge in [-0.1, -0.05) is 0 Å². The summed E-state index contributed by atoms with van der Waals surface area (Å²) in [6.07, 6.45) is -1.44. The predicted octanol–water partition coefficient (Wildman–Crippen LogP) is 0.861. The molecule has 1 unspecified atom stereocenters. The summed E-state index contributed by atoms with van der Waals surface area (Å²) in [5.74, 6) is -1.42. The van der Waals surface area contributed by atoms with Gasteiger partial charge in [0, 0.05) is 14.0 Å². The van der Waals surface area contributed by atoms with Crippen LogP contribution in [0.5, 0.6) is 0 Å². The van der Waals surface area contributed by atoms with Crippen molar-refractivity contribution >= 4 is 5.91 Å². The molecule has 3 aliphatic rings. The fraction of sp³-hybridized carbons (Fsp3) is 0.933. The van der Waals surface area contributed by atoms with E-state index in [2.05, 4.69) is 0 Å². The quantitative estimate of drug-likeness (QED) is 0.753. The molecule has 0 aromatic heterocycles. The van der Waals surface area contributed by atoms with Crippen molar-refractivity contribution in [1.29, 1.82) is 0 Å². The molecule has 126 valence electrons. The molecule has 0 bridgehead atoms. The molecule has 0 aromatic rings. The topological polar surface area (TPSA) is 66.5 Å². The molecule has 0 N–H and O–H groups in total. The van der Waals surface area contributed by atoms with E-state index in [-0.39, 0.29) is 30.3 Å². The lowest BCUT2D eigenvalue weighted by Crippen LogP contribution is -2.52. The van der Waals surface area contributed by atoms with Gasteiger partial charge in [0.05, 0.1) is 12.6 Å². The molecule has 3 saturated heterocycles. The summed E-state index contributed by atoms with van der Waals surface area (Å²) >= 11 is 0. The fourth-order valence-corrected chi connectivity index (χ4v) is 3.35. The average molecular weight is 315 g/mol. The molecule has 3 aliphatic heterocycles. The zero-order chi connectivity index (χ0) is 16.3. The lowest BCUT2D eigenvalue weighted by molar-refractivity contribution is -0.227. The maximum absolute atomic E-state index is 11.9. The van der Waals surface area contributed by atoms with E-state index in [0.29, 0.717) is 6.61 Å². The Kier molecular flexibility index (Phi) is 3.77. The van der Waals surface area contributed by atoms with Gasteiger partial charge in [-0.3, -0.25) is 4.79 Å². The highest BCUT2D eigenvalue weighted by atomic mass is 16.8. The minimum atomic E-state index is -0.720. The Balaban J connectivity index is 1.83. The summed E-state index contributed by atoms with van der Waals surface area (Å²) in [6, 6.07) is -0.272. The van der Waals surface area contributed by atoms with Gasteiger partial charge in [-0.05, 0) is 27.7 Å². The third-order valence-electron chi connectivity index (χ3n) is 4.39. The number of hydrogen-bond acceptors (Lipinski definition) is 6. The molecule has 3 rings (SSSR count). The summed E-state index contributed by atoms with van der Waals surface area (Å²) in [5.41, 5.74) is 0. The Hall–Kier alpha value is -0.730. The van der Waals surface area contributed by atoms with Crippen LogP contribution in [-0.2, 0) is 28.5 Å². The van der Waals surface area contributed by atoms with Crippen LogP contribution in [0.3, 0.4) is 0 Å². The molecule has 3 heterocycles. The summed E-state index contributed by atoms with van der Waals surface area (Å²) in [5, 5.41) is 0. The van der Waals surface area contributed by atoms with E-state index < -0.39 is 17.9 Å². The number of nitrogens with zero attached hydrogens (tertiary/aromatic N) is 1. The molecule has 0 aliphatic carbocycles. The molecule has 0 spiro atoms. The van der Waals surface area contributed by atoms with Crippen molar-refractivity contribution in [3.63, 3.8) is 0 Å². The van der Waals surface area contributed by atoms with Gasteiger partial charge in [0.1, 0.15) is 18.3 Å². The van der Waals surface area contributed by atoms with Crippen LogP contribution in [0.2, 0.25) is 0 Å². The van der Waals surface area contributed by atoms with Gasteiger partial charge in [0.2, 0.25) is 5.91 Å². The molecule has 5 atom stereocenters. The first-order chi connectivity index (χ1) is 10.1. The third-order valence-corrected chi connectivity index (χ3v) is 4.39. The van der Waals surface area contributed by atoms with Crippen LogP contribution in [0.25, 0.3) is 0 Å². The van der Waals surface area contributed by atoms with E-state index in [1.54, 1.807) is 11.9 Å². The second-order valence-corrected chi connectivity index (χ2v) is 7.06. The lowest BCUT2D eigenvalue weighted by Gasteiger charge is -2.34. The Morgan fingerprint density at radius 3 is 2.27 bits per heavy atom. The molecular weight excluding hydrogens is 290 g/mol. The maximum Gasteiger partial charge on any atom is 0.219 e. The number of likely N-dealkylation sites (N-methyl/N-ethyl adjacent to an activating group) is 1. The number of carbonyl (C=O) groups excluding carboxylic acids is 1. The largest absolute Gasteiger partial charge is 0.348 e. The normalized spacial score (nSPS) is 42.4. The highest BCUT2D eigenvalue weighted by Crippen LogP contribution is 2.42. The molecule has 3 fully saturated rings. The van der Waals surface area contributed by atoms with Gasteiger partial charge in [0.25, 0.3) is 0 Å². The molecule has 7 heteroatoms. The Bertz CT molecular complexity index is 465. The van der Waals surface area contributed by atoms with Gasteiger partial charge in [-0.15, -0.1) is 0 Å².